The zero-order valence-electron chi connectivity index (χ0n) is 8.26. The van der Waals surface area contributed by atoms with Gasteiger partial charge in [0.2, 0.25) is 0 Å². The first kappa shape index (κ1) is 13.9. The van der Waals surface area contributed by atoms with Crippen molar-refractivity contribution in [2.45, 2.75) is 6.18 Å². The van der Waals surface area contributed by atoms with Gasteiger partial charge in [0.15, 0.2) is 11.7 Å². The first-order valence-electron chi connectivity index (χ1n) is 4.39. The smallest absolute Gasteiger partial charge is 0.407 e. The number of alkyl halides is 3. The van der Waals surface area contributed by atoms with E-state index in [-0.39, 0.29) is 15.8 Å². The second-order valence-electron chi connectivity index (χ2n) is 3.09. The molecule has 0 heterocycles. The van der Waals surface area contributed by atoms with Crippen LogP contribution in [0.1, 0.15) is 0 Å². The Labute approximate surface area is 106 Å². The van der Waals surface area contributed by atoms with Crippen molar-refractivity contribution < 1.29 is 17.9 Å². The van der Waals surface area contributed by atoms with Crippen LogP contribution in [0.25, 0.3) is 0 Å². The number of hydrogen-bond acceptors (Lipinski definition) is 2. The van der Waals surface area contributed by atoms with E-state index in [0.29, 0.717) is 0 Å². The lowest BCUT2D eigenvalue weighted by molar-refractivity contribution is -0.165. The Hall–Kier alpha value is -1.12. The fourth-order valence-corrected chi connectivity index (χ4v) is 1.50. The number of benzene rings is 1. The van der Waals surface area contributed by atoms with Crippen LogP contribution in [0.4, 0.5) is 13.2 Å². The molecule has 0 aliphatic heterocycles. The zero-order chi connectivity index (χ0) is 13.1. The highest BCUT2D eigenvalue weighted by atomic mass is 35.5. The maximum Gasteiger partial charge on any atom is 0.407 e. The highest BCUT2D eigenvalue weighted by Crippen LogP contribution is 2.34. The van der Waals surface area contributed by atoms with E-state index in [4.69, 9.17) is 33.2 Å². The minimum atomic E-state index is -4.64. The Balaban J connectivity index is 2.78. The summed E-state index contributed by atoms with van der Waals surface area (Å²) in [4.78, 5) is 0. The van der Waals surface area contributed by atoms with Crippen LogP contribution >= 0.6 is 23.2 Å². The van der Waals surface area contributed by atoms with Gasteiger partial charge in [0.1, 0.15) is 6.61 Å². The number of halogens is 5. The fraction of sp³-hybridized carbons (Fsp3) is 0.300. The van der Waals surface area contributed by atoms with Crippen molar-refractivity contribution in [3.05, 3.63) is 28.2 Å². The summed E-state index contributed by atoms with van der Waals surface area (Å²) < 4.78 is 41.6. The summed E-state index contributed by atoms with van der Waals surface area (Å²) in [5.41, 5.74) is 0. The molecule has 7 heteroatoms. The second-order valence-corrected chi connectivity index (χ2v) is 3.90. The van der Waals surface area contributed by atoms with E-state index in [0.717, 1.165) is 6.07 Å². The molecule has 1 aromatic rings. The molecule has 0 aromatic heterocycles. The van der Waals surface area contributed by atoms with Crippen molar-refractivity contribution in [3.8, 4) is 11.8 Å². The van der Waals surface area contributed by atoms with Gasteiger partial charge < -0.3 is 4.74 Å². The standard InChI is InChI=1S/C10H6Cl2F3NO/c11-7-2-1-3-8(12)9(7)17-5-6(4-16)10(13,14)15/h1-3,6H,5H2. The number of nitriles is 1. The molecule has 17 heavy (non-hydrogen) atoms. The molecule has 0 aliphatic rings. The maximum absolute atomic E-state index is 12.3. The molecular formula is C10H6Cl2F3NO. The molecule has 1 atom stereocenters. The van der Waals surface area contributed by atoms with E-state index in [9.17, 15) is 13.2 Å². The van der Waals surface area contributed by atoms with Crippen molar-refractivity contribution in [2.24, 2.45) is 5.92 Å². The van der Waals surface area contributed by atoms with Gasteiger partial charge in [-0.25, -0.2) is 0 Å². The third-order valence-electron chi connectivity index (χ3n) is 1.86. The van der Waals surface area contributed by atoms with Gasteiger partial charge in [0, 0.05) is 0 Å². The maximum atomic E-state index is 12.3. The number of ether oxygens (including phenoxy) is 1. The molecule has 0 aliphatic carbocycles. The zero-order valence-corrected chi connectivity index (χ0v) is 9.77. The molecule has 92 valence electrons. The average molecular weight is 284 g/mol. The topological polar surface area (TPSA) is 33.0 Å². The molecule has 0 fully saturated rings. The van der Waals surface area contributed by atoms with Gasteiger partial charge in [-0.3, -0.25) is 0 Å². The molecule has 0 radical (unpaired) electrons. The summed E-state index contributed by atoms with van der Waals surface area (Å²) in [5.74, 6) is -2.27. The Morgan fingerprint density at radius 2 is 1.82 bits per heavy atom. The minimum Gasteiger partial charge on any atom is -0.489 e. The van der Waals surface area contributed by atoms with Gasteiger partial charge in [-0.05, 0) is 12.1 Å². The van der Waals surface area contributed by atoms with Crippen molar-refractivity contribution in [1.82, 2.24) is 0 Å². The second kappa shape index (κ2) is 5.48. The van der Waals surface area contributed by atoms with Crippen LogP contribution in [0.2, 0.25) is 10.0 Å². The van der Waals surface area contributed by atoms with Gasteiger partial charge in [-0.1, -0.05) is 29.3 Å². The molecule has 0 saturated heterocycles. The monoisotopic (exact) mass is 283 g/mol. The van der Waals surface area contributed by atoms with E-state index in [2.05, 4.69) is 0 Å². The van der Waals surface area contributed by atoms with Crippen LogP contribution in [-0.4, -0.2) is 12.8 Å². The Morgan fingerprint density at radius 3 is 2.24 bits per heavy atom. The predicted octanol–water partition coefficient (Wildman–Crippen LogP) is 4.07. The Morgan fingerprint density at radius 1 is 1.29 bits per heavy atom. The van der Waals surface area contributed by atoms with Crippen LogP contribution in [0.3, 0.4) is 0 Å². The molecule has 0 amide bonds. The lowest BCUT2D eigenvalue weighted by Crippen LogP contribution is -2.27. The van der Waals surface area contributed by atoms with Gasteiger partial charge in [0.05, 0.1) is 16.1 Å². The van der Waals surface area contributed by atoms with Gasteiger partial charge in [-0.15, -0.1) is 0 Å². The van der Waals surface area contributed by atoms with Gasteiger partial charge >= 0.3 is 6.18 Å². The SMILES string of the molecule is N#CC(COc1c(Cl)cccc1Cl)C(F)(F)F. The predicted molar refractivity (Wildman–Crippen MR) is 57.1 cm³/mol. The van der Waals surface area contributed by atoms with Gasteiger partial charge in [0.25, 0.3) is 0 Å². The third-order valence-corrected chi connectivity index (χ3v) is 2.46. The largest absolute Gasteiger partial charge is 0.489 e. The Bertz CT molecular complexity index is 422. The van der Waals surface area contributed by atoms with Crippen molar-refractivity contribution in [3.63, 3.8) is 0 Å². The summed E-state index contributed by atoms with van der Waals surface area (Å²) in [6.07, 6.45) is -4.64. The molecule has 0 bridgehead atoms. The summed E-state index contributed by atoms with van der Waals surface area (Å²) in [6.45, 7) is -0.844. The van der Waals surface area contributed by atoms with E-state index in [1.165, 1.54) is 18.2 Å². The number of hydrogen-bond donors (Lipinski definition) is 0. The minimum absolute atomic E-state index is 0.0552. The van der Waals surface area contributed by atoms with E-state index in [1.54, 1.807) is 0 Å². The van der Waals surface area contributed by atoms with E-state index < -0.39 is 18.7 Å². The molecule has 1 aromatic carbocycles. The Kier molecular flexibility index (Phi) is 4.49. The van der Waals surface area contributed by atoms with Crippen molar-refractivity contribution >= 4 is 23.2 Å². The van der Waals surface area contributed by atoms with Crippen LogP contribution in [0.15, 0.2) is 18.2 Å². The molecule has 1 rings (SSSR count). The summed E-state index contributed by atoms with van der Waals surface area (Å²) >= 11 is 11.4. The van der Waals surface area contributed by atoms with Gasteiger partial charge in [-0.2, -0.15) is 18.4 Å². The highest BCUT2D eigenvalue weighted by Gasteiger charge is 2.40. The molecule has 0 N–H and O–H groups in total. The summed E-state index contributed by atoms with van der Waals surface area (Å²) in [5, 5.41) is 8.55. The summed E-state index contributed by atoms with van der Waals surface area (Å²) in [7, 11) is 0. The summed E-state index contributed by atoms with van der Waals surface area (Å²) in [6, 6.07) is 5.50. The normalized spacial score (nSPS) is 12.9. The quantitative estimate of drug-likeness (QED) is 0.838. The lowest BCUT2D eigenvalue weighted by Gasteiger charge is -2.15. The molecular weight excluding hydrogens is 278 g/mol. The molecule has 0 saturated carbocycles. The van der Waals surface area contributed by atoms with Crippen LogP contribution in [0, 0.1) is 17.2 Å². The van der Waals surface area contributed by atoms with E-state index in [1.807, 2.05) is 0 Å². The highest BCUT2D eigenvalue weighted by molar-refractivity contribution is 6.37. The van der Waals surface area contributed by atoms with E-state index >= 15 is 0 Å². The fourth-order valence-electron chi connectivity index (χ4n) is 0.992. The van der Waals surface area contributed by atoms with Crippen LogP contribution in [-0.2, 0) is 0 Å². The van der Waals surface area contributed by atoms with Crippen LogP contribution in [0.5, 0.6) is 5.75 Å². The lowest BCUT2D eigenvalue weighted by atomic mass is 10.2. The number of rotatable bonds is 3. The molecule has 1 unspecified atom stereocenters. The van der Waals surface area contributed by atoms with Crippen molar-refractivity contribution in [1.29, 1.82) is 5.26 Å². The number of nitrogens with zero attached hydrogens (tertiary/aromatic N) is 1. The first-order chi connectivity index (χ1) is 7.86. The molecule has 2 nitrogen and oxygen atoms in total. The third kappa shape index (κ3) is 3.69. The first-order valence-corrected chi connectivity index (χ1v) is 5.15. The number of para-hydroxylation sites is 1. The average Bonchev–Trinajstić information content (AvgIpc) is 2.20. The van der Waals surface area contributed by atoms with Crippen LogP contribution < -0.4 is 4.74 Å². The van der Waals surface area contributed by atoms with Crippen molar-refractivity contribution in [2.75, 3.05) is 6.61 Å². The molecule has 0 spiro atoms.